The number of hydrogen-bond acceptors (Lipinski definition) is 3. The molecule has 1 amide bonds. The minimum atomic E-state index is -6.14. The van der Waals surface area contributed by atoms with E-state index < -0.39 is 49.8 Å². The van der Waals surface area contributed by atoms with E-state index in [1.165, 1.54) is 56.9 Å². The molecule has 0 aliphatic rings. The van der Waals surface area contributed by atoms with Gasteiger partial charge >= 0.3 is 23.3 Å². The van der Waals surface area contributed by atoms with E-state index in [1.807, 2.05) is 0 Å². The Bertz CT molecular complexity index is 1220. The van der Waals surface area contributed by atoms with Gasteiger partial charge in [0, 0.05) is 26.3 Å². The van der Waals surface area contributed by atoms with Crippen LogP contribution in [0.3, 0.4) is 0 Å². The van der Waals surface area contributed by atoms with E-state index in [-0.39, 0.29) is 11.6 Å². The number of nitrogens with one attached hydrogen (secondary N) is 1. The maximum absolute atomic E-state index is 14.8. The Balaban J connectivity index is 2.09. The van der Waals surface area contributed by atoms with Crippen LogP contribution in [0.5, 0.6) is 5.75 Å². The molecular weight excluding hydrogens is 659 g/mol. The van der Waals surface area contributed by atoms with Crippen molar-refractivity contribution in [3.05, 3.63) is 63.4 Å². The lowest BCUT2D eigenvalue weighted by Crippen LogP contribution is -2.49. The maximum atomic E-state index is 14.8. The van der Waals surface area contributed by atoms with Crippen LogP contribution < -0.4 is 10.1 Å². The Hall–Kier alpha value is -2.23. The lowest BCUT2D eigenvalue weighted by atomic mass is 9.94. The molecule has 4 nitrogen and oxygen atoms in total. The van der Waals surface area contributed by atoms with Gasteiger partial charge in [0.05, 0.1) is 11.2 Å². The third-order valence-electron chi connectivity index (χ3n) is 4.56. The first kappa shape index (κ1) is 26.4. The zero-order chi connectivity index (χ0) is 25.5. The second-order valence-electron chi connectivity index (χ2n) is 6.73. The van der Waals surface area contributed by atoms with Crippen LogP contribution in [0.1, 0.15) is 15.9 Å². The van der Waals surface area contributed by atoms with E-state index in [0.29, 0.717) is 17.0 Å². The number of amides is 1. The summed E-state index contributed by atoms with van der Waals surface area (Å²) < 4.78 is 112. The fourth-order valence-electron chi connectivity index (χ4n) is 2.97. The molecule has 2 aromatic carbocycles. The topological polar surface area (TPSA) is 51.2 Å². The average molecular weight is 669 g/mol. The Morgan fingerprint density at radius 2 is 1.74 bits per heavy atom. The summed E-state index contributed by atoms with van der Waals surface area (Å²) in [5, 5.41) is 2.87. The molecule has 14 heteroatoms. The van der Waals surface area contributed by atoms with Gasteiger partial charge in [-0.1, -0.05) is 12.1 Å². The Morgan fingerprint density at radius 1 is 1.06 bits per heavy atom. The molecule has 0 saturated heterocycles. The highest BCUT2D eigenvalue weighted by Crippen LogP contribution is 2.56. The fourth-order valence-corrected chi connectivity index (χ4v) is 4.16. The summed E-state index contributed by atoms with van der Waals surface area (Å²) >= 11 is 2.66. The summed E-state index contributed by atoms with van der Waals surface area (Å²) in [6.07, 6.45) is -4.68. The third-order valence-corrected chi connectivity index (χ3v) is 5.95. The summed E-state index contributed by atoms with van der Waals surface area (Å²) in [5.41, 5.74) is -7.17. The first-order chi connectivity index (χ1) is 15.6. The van der Waals surface area contributed by atoms with E-state index in [0.717, 1.165) is 0 Å². The largest absolute Gasteiger partial charge is 0.433 e. The number of aromatic nitrogens is 1. The molecule has 0 aliphatic heterocycles. The highest BCUT2D eigenvalue weighted by Gasteiger charge is 2.71. The predicted octanol–water partition coefficient (Wildman–Crippen LogP) is 7.41. The summed E-state index contributed by atoms with van der Waals surface area (Å²) in [6, 6.07) is 8.03. The number of anilines is 1. The van der Waals surface area contributed by atoms with Gasteiger partial charge in [0.2, 0.25) is 0 Å². The molecule has 1 N–H and O–H groups in total. The normalized spacial score (nSPS) is 14.2. The molecule has 0 radical (unpaired) electrons. The first-order valence-electron chi connectivity index (χ1n) is 8.92. The van der Waals surface area contributed by atoms with Crippen LogP contribution in [0, 0.1) is 3.57 Å². The average Bonchev–Trinajstić information content (AvgIpc) is 2.72. The Labute approximate surface area is 207 Å². The van der Waals surface area contributed by atoms with Crippen molar-refractivity contribution < 1.29 is 44.7 Å². The van der Waals surface area contributed by atoms with Crippen molar-refractivity contribution >= 4 is 61.0 Å². The zero-order valence-electron chi connectivity index (χ0n) is 16.2. The standard InChI is InChI=1S/C20H10BrF8IN2O2/c21-19(25,26)18(24,20(27,28)29)11-7-12(30)15(14(8-11)34-17(22)23)32-16(33)10-4-3-9-2-1-5-31-13(9)6-10/h1-8,17H,(H,32,33). The number of carbonyl (C=O) groups is 1. The number of fused-ring (bicyclic) bond motifs is 1. The van der Waals surface area contributed by atoms with Gasteiger partial charge in [0.15, 0.2) is 5.75 Å². The number of halogens is 10. The quantitative estimate of drug-likeness (QED) is 0.169. The summed E-state index contributed by atoms with van der Waals surface area (Å²) in [5.74, 6) is -2.04. The molecular formula is C20H10BrF8IN2O2. The molecule has 3 aromatic rings. The van der Waals surface area contributed by atoms with Crippen molar-refractivity contribution in [1.29, 1.82) is 0 Å². The number of ether oxygens (including phenoxy) is 1. The van der Waals surface area contributed by atoms with Gasteiger partial charge < -0.3 is 10.1 Å². The molecule has 0 bridgehead atoms. The van der Waals surface area contributed by atoms with Gasteiger partial charge in [-0.2, -0.15) is 30.7 Å². The number of pyridine rings is 1. The van der Waals surface area contributed by atoms with E-state index in [1.54, 1.807) is 18.2 Å². The minimum absolute atomic E-state index is 0.00352. The Kier molecular flexibility index (Phi) is 7.32. The number of alkyl halides is 9. The van der Waals surface area contributed by atoms with Crippen molar-refractivity contribution in [2.45, 2.75) is 23.3 Å². The molecule has 0 aliphatic carbocycles. The van der Waals surface area contributed by atoms with Crippen LogP contribution in [-0.2, 0) is 5.67 Å². The van der Waals surface area contributed by atoms with Gasteiger partial charge in [-0.15, -0.1) is 0 Å². The monoisotopic (exact) mass is 668 g/mol. The van der Waals surface area contributed by atoms with Crippen LogP contribution in [-0.4, -0.2) is 28.5 Å². The smallest absolute Gasteiger partial charge is 0.433 e. The van der Waals surface area contributed by atoms with Crippen molar-refractivity contribution in [3.63, 3.8) is 0 Å². The third kappa shape index (κ3) is 5.06. The lowest BCUT2D eigenvalue weighted by molar-refractivity contribution is -0.282. The van der Waals surface area contributed by atoms with Gasteiger partial charge in [-0.25, -0.2) is 4.39 Å². The molecule has 1 atom stereocenters. The van der Waals surface area contributed by atoms with Crippen molar-refractivity contribution in [1.82, 2.24) is 4.98 Å². The highest BCUT2D eigenvalue weighted by molar-refractivity contribution is 14.1. The fraction of sp³-hybridized carbons (Fsp3) is 0.200. The molecule has 0 fully saturated rings. The van der Waals surface area contributed by atoms with E-state index >= 15 is 0 Å². The summed E-state index contributed by atoms with van der Waals surface area (Å²) in [4.78, 5) is 11.6. The molecule has 1 aromatic heterocycles. The lowest BCUT2D eigenvalue weighted by Gasteiger charge is -2.32. The maximum Gasteiger partial charge on any atom is 0.433 e. The molecule has 3 rings (SSSR count). The second-order valence-corrected chi connectivity index (χ2v) is 8.89. The van der Waals surface area contributed by atoms with Crippen LogP contribution in [0.25, 0.3) is 10.9 Å². The molecule has 1 heterocycles. The van der Waals surface area contributed by atoms with E-state index in [9.17, 15) is 39.9 Å². The molecule has 34 heavy (non-hydrogen) atoms. The van der Waals surface area contributed by atoms with Gasteiger partial charge in [0.25, 0.3) is 5.91 Å². The molecule has 0 saturated carbocycles. The van der Waals surface area contributed by atoms with E-state index in [4.69, 9.17) is 0 Å². The molecule has 182 valence electrons. The highest BCUT2D eigenvalue weighted by atomic mass is 127. The summed E-state index contributed by atoms with van der Waals surface area (Å²) in [7, 11) is 0. The van der Waals surface area contributed by atoms with Gasteiger partial charge in [-0.05, 0) is 68.9 Å². The van der Waals surface area contributed by atoms with Crippen LogP contribution in [0.2, 0.25) is 0 Å². The second kappa shape index (κ2) is 9.43. The zero-order valence-corrected chi connectivity index (χ0v) is 20.0. The van der Waals surface area contributed by atoms with Crippen molar-refractivity contribution in [2.75, 3.05) is 5.32 Å². The number of nitrogens with zero attached hydrogens (tertiary/aromatic N) is 1. The van der Waals surface area contributed by atoms with Crippen LogP contribution in [0.15, 0.2) is 48.7 Å². The number of carbonyl (C=O) groups excluding carboxylic acids is 1. The van der Waals surface area contributed by atoms with Crippen molar-refractivity contribution in [2.24, 2.45) is 0 Å². The predicted molar refractivity (Wildman–Crippen MR) is 118 cm³/mol. The van der Waals surface area contributed by atoms with Gasteiger partial charge in [0.1, 0.15) is 0 Å². The SMILES string of the molecule is O=C(Nc1c(I)cc(C(F)(C(F)(F)F)C(F)(F)Br)cc1OC(F)F)c1ccc2cccnc2c1. The number of rotatable bonds is 6. The molecule has 0 spiro atoms. The first-order valence-corrected chi connectivity index (χ1v) is 10.8. The minimum Gasteiger partial charge on any atom is -0.433 e. The van der Waals surface area contributed by atoms with Gasteiger partial charge in [-0.3, -0.25) is 9.78 Å². The Morgan fingerprint density at radius 3 is 2.32 bits per heavy atom. The number of benzene rings is 2. The van der Waals surface area contributed by atoms with Crippen LogP contribution >= 0.6 is 38.5 Å². The van der Waals surface area contributed by atoms with Crippen molar-refractivity contribution in [3.8, 4) is 5.75 Å². The molecule has 1 unspecified atom stereocenters. The van der Waals surface area contributed by atoms with Crippen LogP contribution in [0.4, 0.5) is 40.8 Å². The number of hydrogen-bond donors (Lipinski definition) is 1. The van der Waals surface area contributed by atoms with E-state index in [2.05, 4.69) is 15.0 Å². The summed E-state index contributed by atoms with van der Waals surface area (Å²) in [6.45, 7) is -3.63.